The van der Waals surface area contributed by atoms with E-state index in [1.165, 1.54) is 12.3 Å². The van der Waals surface area contributed by atoms with E-state index in [1.54, 1.807) is 6.08 Å². The molecule has 1 atom stereocenters. The molecular formula is C9H12FN3. The SMILES string of the molecule is C=CC[C@@H](N)c1cnc(F)c(N)c1. The van der Waals surface area contributed by atoms with Crippen LogP contribution in [0.5, 0.6) is 0 Å². The van der Waals surface area contributed by atoms with Crippen LogP contribution in [0.4, 0.5) is 10.1 Å². The highest BCUT2D eigenvalue weighted by Crippen LogP contribution is 2.17. The molecule has 0 aromatic carbocycles. The minimum Gasteiger partial charge on any atom is -0.395 e. The Bertz CT molecular complexity index is 312. The summed E-state index contributed by atoms with van der Waals surface area (Å²) < 4.78 is 12.7. The van der Waals surface area contributed by atoms with Gasteiger partial charge in [0.25, 0.3) is 0 Å². The summed E-state index contributed by atoms with van der Waals surface area (Å²) in [5, 5.41) is 0. The number of anilines is 1. The molecule has 0 aliphatic carbocycles. The lowest BCUT2D eigenvalue weighted by Crippen LogP contribution is -2.10. The Morgan fingerprint density at radius 3 is 2.92 bits per heavy atom. The van der Waals surface area contributed by atoms with Gasteiger partial charge in [-0.15, -0.1) is 6.58 Å². The Morgan fingerprint density at radius 2 is 2.38 bits per heavy atom. The monoisotopic (exact) mass is 181 g/mol. The molecule has 0 radical (unpaired) electrons. The molecule has 1 aromatic rings. The molecule has 13 heavy (non-hydrogen) atoms. The van der Waals surface area contributed by atoms with E-state index in [0.29, 0.717) is 6.42 Å². The molecule has 0 amide bonds. The van der Waals surface area contributed by atoms with E-state index in [0.717, 1.165) is 5.56 Å². The van der Waals surface area contributed by atoms with Crippen molar-refractivity contribution in [3.05, 3.63) is 36.4 Å². The number of rotatable bonds is 3. The second-order valence-corrected chi connectivity index (χ2v) is 2.78. The first kappa shape index (κ1) is 9.67. The van der Waals surface area contributed by atoms with Crippen LogP contribution in [0.2, 0.25) is 0 Å². The normalized spacial score (nSPS) is 12.5. The molecule has 4 heteroatoms. The summed E-state index contributed by atoms with van der Waals surface area (Å²) in [5.74, 6) is -0.658. The number of hydrogen-bond donors (Lipinski definition) is 2. The van der Waals surface area contributed by atoms with Crippen molar-refractivity contribution < 1.29 is 4.39 Å². The number of halogens is 1. The number of pyridine rings is 1. The highest BCUT2D eigenvalue weighted by Gasteiger charge is 2.07. The molecule has 0 aliphatic heterocycles. The van der Waals surface area contributed by atoms with Gasteiger partial charge in [0.2, 0.25) is 5.95 Å². The standard InChI is InChI=1S/C9H12FN3/c1-2-3-7(11)6-4-8(12)9(10)13-5-6/h2,4-5,7H,1,3,11-12H2/t7-/m1/s1. The summed E-state index contributed by atoms with van der Waals surface area (Å²) in [6, 6.07) is 1.28. The van der Waals surface area contributed by atoms with E-state index >= 15 is 0 Å². The van der Waals surface area contributed by atoms with Crippen LogP contribution in [0, 0.1) is 5.95 Å². The van der Waals surface area contributed by atoms with Gasteiger partial charge in [0, 0.05) is 12.2 Å². The molecule has 0 spiro atoms. The number of nitrogen functional groups attached to an aromatic ring is 1. The molecule has 0 unspecified atom stereocenters. The zero-order valence-electron chi connectivity index (χ0n) is 7.20. The first-order chi connectivity index (χ1) is 6.15. The van der Waals surface area contributed by atoms with E-state index in [4.69, 9.17) is 11.5 Å². The molecule has 70 valence electrons. The summed E-state index contributed by atoms with van der Waals surface area (Å²) in [6.45, 7) is 3.56. The van der Waals surface area contributed by atoms with Crippen LogP contribution >= 0.6 is 0 Å². The second-order valence-electron chi connectivity index (χ2n) is 2.78. The van der Waals surface area contributed by atoms with Crippen molar-refractivity contribution in [3.63, 3.8) is 0 Å². The third-order valence-electron chi connectivity index (χ3n) is 1.74. The van der Waals surface area contributed by atoms with Crippen molar-refractivity contribution in [2.24, 2.45) is 5.73 Å². The van der Waals surface area contributed by atoms with Crippen LogP contribution in [0.3, 0.4) is 0 Å². The predicted molar refractivity (Wildman–Crippen MR) is 50.3 cm³/mol. The Kier molecular flexibility index (Phi) is 2.97. The van der Waals surface area contributed by atoms with Crippen molar-refractivity contribution in [2.75, 3.05) is 5.73 Å². The van der Waals surface area contributed by atoms with Crippen molar-refractivity contribution in [1.29, 1.82) is 0 Å². The van der Waals surface area contributed by atoms with Gasteiger partial charge in [-0.25, -0.2) is 4.98 Å². The highest BCUT2D eigenvalue weighted by atomic mass is 19.1. The van der Waals surface area contributed by atoms with Crippen molar-refractivity contribution in [2.45, 2.75) is 12.5 Å². The molecule has 0 saturated carbocycles. The van der Waals surface area contributed by atoms with E-state index < -0.39 is 5.95 Å². The molecule has 4 N–H and O–H groups in total. The average molecular weight is 181 g/mol. The third kappa shape index (κ3) is 2.26. The Hall–Kier alpha value is -1.42. The zero-order valence-corrected chi connectivity index (χ0v) is 7.20. The lowest BCUT2D eigenvalue weighted by molar-refractivity contribution is 0.585. The minimum atomic E-state index is -0.658. The molecule has 1 heterocycles. The fraction of sp³-hybridized carbons (Fsp3) is 0.222. The summed E-state index contributed by atoms with van der Waals surface area (Å²) in [5.41, 5.74) is 11.8. The van der Waals surface area contributed by atoms with Gasteiger partial charge in [0.1, 0.15) is 0 Å². The Morgan fingerprint density at radius 1 is 1.69 bits per heavy atom. The number of nitrogens with two attached hydrogens (primary N) is 2. The van der Waals surface area contributed by atoms with Crippen LogP contribution in [0.25, 0.3) is 0 Å². The summed E-state index contributed by atoms with van der Waals surface area (Å²) in [7, 11) is 0. The van der Waals surface area contributed by atoms with Gasteiger partial charge in [0.05, 0.1) is 5.69 Å². The maximum atomic E-state index is 12.7. The fourth-order valence-electron chi connectivity index (χ4n) is 1.00. The molecule has 1 aromatic heterocycles. The number of nitrogens with zero attached hydrogens (tertiary/aromatic N) is 1. The lowest BCUT2D eigenvalue weighted by Gasteiger charge is -2.09. The molecule has 0 bridgehead atoms. The Labute approximate surface area is 76.3 Å². The number of aromatic nitrogens is 1. The van der Waals surface area contributed by atoms with Gasteiger partial charge in [-0.3, -0.25) is 0 Å². The molecule has 1 rings (SSSR count). The topological polar surface area (TPSA) is 64.9 Å². The lowest BCUT2D eigenvalue weighted by atomic mass is 10.1. The zero-order chi connectivity index (χ0) is 9.84. The van der Waals surface area contributed by atoms with Gasteiger partial charge < -0.3 is 11.5 Å². The van der Waals surface area contributed by atoms with Crippen LogP contribution < -0.4 is 11.5 Å². The quantitative estimate of drug-likeness (QED) is 0.547. The first-order valence-electron chi connectivity index (χ1n) is 3.92. The van der Waals surface area contributed by atoms with Crippen molar-refractivity contribution in [1.82, 2.24) is 4.98 Å². The molecule has 0 saturated heterocycles. The average Bonchev–Trinajstić information content (AvgIpc) is 2.10. The van der Waals surface area contributed by atoms with Gasteiger partial charge in [0.15, 0.2) is 0 Å². The first-order valence-corrected chi connectivity index (χ1v) is 3.92. The summed E-state index contributed by atoms with van der Waals surface area (Å²) in [4.78, 5) is 3.48. The second kappa shape index (κ2) is 4.00. The number of hydrogen-bond acceptors (Lipinski definition) is 3. The van der Waals surface area contributed by atoms with Gasteiger partial charge >= 0.3 is 0 Å². The van der Waals surface area contributed by atoms with Crippen LogP contribution in [0.1, 0.15) is 18.0 Å². The minimum absolute atomic E-state index is 0.0250. The third-order valence-corrected chi connectivity index (χ3v) is 1.74. The summed E-state index contributed by atoms with van der Waals surface area (Å²) >= 11 is 0. The van der Waals surface area contributed by atoms with Gasteiger partial charge in [-0.1, -0.05) is 6.08 Å². The molecule has 0 fully saturated rings. The van der Waals surface area contributed by atoms with E-state index in [9.17, 15) is 4.39 Å². The fourth-order valence-corrected chi connectivity index (χ4v) is 1.00. The maximum Gasteiger partial charge on any atom is 0.236 e. The van der Waals surface area contributed by atoms with Crippen LogP contribution in [-0.2, 0) is 0 Å². The van der Waals surface area contributed by atoms with E-state index in [2.05, 4.69) is 11.6 Å². The van der Waals surface area contributed by atoms with Crippen molar-refractivity contribution in [3.8, 4) is 0 Å². The van der Waals surface area contributed by atoms with E-state index in [-0.39, 0.29) is 11.7 Å². The smallest absolute Gasteiger partial charge is 0.236 e. The van der Waals surface area contributed by atoms with Gasteiger partial charge in [-0.2, -0.15) is 4.39 Å². The largest absolute Gasteiger partial charge is 0.395 e. The van der Waals surface area contributed by atoms with Crippen LogP contribution in [0.15, 0.2) is 24.9 Å². The Balaban J connectivity index is 2.89. The van der Waals surface area contributed by atoms with Crippen LogP contribution in [-0.4, -0.2) is 4.98 Å². The van der Waals surface area contributed by atoms with Crippen molar-refractivity contribution >= 4 is 5.69 Å². The molecule has 0 aliphatic rings. The molecular weight excluding hydrogens is 169 g/mol. The van der Waals surface area contributed by atoms with E-state index in [1.807, 2.05) is 0 Å². The molecule has 3 nitrogen and oxygen atoms in total. The maximum absolute atomic E-state index is 12.7. The predicted octanol–water partition coefficient (Wildman–Crippen LogP) is 1.38. The highest BCUT2D eigenvalue weighted by molar-refractivity contribution is 5.39. The van der Waals surface area contributed by atoms with Gasteiger partial charge in [-0.05, 0) is 18.1 Å². The summed E-state index contributed by atoms with van der Waals surface area (Å²) in [6.07, 6.45) is 3.71.